The van der Waals surface area contributed by atoms with E-state index in [-0.39, 0.29) is 49.6 Å². The number of hydrogen-bond donors (Lipinski definition) is 1. The van der Waals surface area contributed by atoms with Crippen LogP contribution in [0.5, 0.6) is 5.75 Å². The fraction of sp³-hybridized carbons (Fsp3) is 0.500. The molecule has 3 amide bonds. The number of methoxy groups -OCH3 is 1. The first-order valence-corrected chi connectivity index (χ1v) is 8.25. The molecular formula is C18H24N2O4. The Bertz CT molecular complexity index is 582. The molecule has 1 aromatic rings. The van der Waals surface area contributed by atoms with E-state index in [9.17, 15) is 14.4 Å². The standard InChI is InChI=1S/C18H24N2O4/c1-13(3-4-14-5-7-15(24-2)8-6-14)19-16(21)11-12-20-17(22)9-10-18(20)23/h5-8,13H,3-4,9-12H2,1-2H3,(H,19,21)/t13-/m0/s1. The summed E-state index contributed by atoms with van der Waals surface area (Å²) in [6, 6.07) is 7.89. The first kappa shape index (κ1) is 18.0. The molecule has 0 unspecified atom stereocenters. The number of benzene rings is 1. The molecule has 6 heteroatoms. The normalized spacial score (nSPS) is 15.5. The van der Waals surface area contributed by atoms with Crippen LogP contribution in [0.4, 0.5) is 0 Å². The number of imide groups is 1. The summed E-state index contributed by atoms with van der Waals surface area (Å²) in [7, 11) is 1.63. The molecule has 130 valence electrons. The van der Waals surface area contributed by atoms with Crippen molar-refractivity contribution in [1.82, 2.24) is 10.2 Å². The average molecular weight is 332 g/mol. The largest absolute Gasteiger partial charge is 0.497 e. The molecule has 0 aliphatic carbocycles. The third-order valence-electron chi connectivity index (χ3n) is 4.15. The van der Waals surface area contributed by atoms with Gasteiger partial charge in [0.25, 0.3) is 0 Å². The molecular weight excluding hydrogens is 308 g/mol. The molecule has 1 saturated heterocycles. The molecule has 1 heterocycles. The molecule has 1 aliphatic heterocycles. The summed E-state index contributed by atoms with van der Waals surface area (Å²) in [5.74, 6) is 0.330. The monoisotopic (exact) mass is 332 g/mol. The number of carbonyl (C=O) groups excluding carboxylic acids is 3. The minimum absolute atomic E-state index is 0.0320. The fourth-order valence-corrected chi connectivity index (χ4v) is 2.68. The minimum atomic E-state index is -0.180. The first-order chi connectivity index (χ1) is 11.5. The van der Waals surface area contributed by atoms with Crippen LogP contribution in [0.2, 0.25) is 0 Å². The lowest BCUT2D eigenvalue weighted by atomic mass is 10.1. The van der Waals surface area contributed by atoms with Crippen molar-refractivity contribution in [2.75, 3.05) is 13.7 Å². The second-order valence-corrected chi connectivity index (χ2v) is 6.04. The number of rotatable bonds is 8. The van der Waals surface area contributed by atoms with Crippen molar-refractivity contribution in [3.8, 4) is 5.75 Å². The highest BCUT2D eigenvalue weighted by atomic mass is 16.5. The van der Waals surface area contributed by atoms with E-state index in [1.165, 1.54) is 10.5 Å². The number of nitrogens with one attached hydrogen (secondary N) is 1. The molecule has 0 saturated carbocycles. The van der Waals surface area contributed by atoms with E-state index in [0.717, 1.165) is 18.6 Å². The highest BCUT2D eigenvalue weighted by Crippen LogP contribution is 2.14. The Hall–Kier alpha value is -2.37. The zero-order valence-corrected chi connectivity index (χ0v) is 14.2. The Morgan fingerprint density at radius 3 is 2.42 bits per heavy atom. The highest BCUT2D eigenvalue weighted by molar-refractivity contribution is 6.02. The van der Waals surface area contributed by atoms with Gasteiger partial charge in [0.15, 0.2) is 0 Å². The molecule has 2 rings (SSSR count). The highest BCUT2D eigenvalue weighted by Gasteiger charge is 2.28. The number of hydrogen-bond acceptors (Lipinski definition) is 4. The van der Waals surface area contributed by atoms with Gasteiger partial charge in [-0.15, -0.1) is 0 Å². The topological polar surface area (TPSA) is 75.7 Å². The molecule has 0 bridgehead atoms. The number of nitrogens with zero attached hydrogens (tertiary/aromatic N) is 1. The molecule has 1 atom stereocenters. The number of ether oxygens (including phenoxy) is 1. The lowest BCUT2D eigenvalue weighted by molar-refractivity contribution is -0.138. The number of carbonyl (C=O) groups is 3. The van der Waals surface area contributed by atoms with Crippen LogP contribution >= 0.6 is 0 Å². The van der Waals surface area contributed by atoms with Crippen molar-refractivity contribution in [2.24, 2.45) is 0 Å². The van der Waals surface area contributed by atoms with Gasteiger partial charge in [-0.3, -0.25) is 19.3 Å². The molecule has 0 radical (unpaired) electrons. The molecule has 6 nitrogen and oxygen atoms in total. The van der Waals surface area contributed by atoms with Crippen LogP contribution in [0.15, 0.2) is 24.3 Å². The third-order valence-corrected chi connectivity index (χ3v) is 4.15. The van der Waals surface area contributed by atoms with Gasteiger partial charge in [0.1, 0.15) is 5.75 Å². The maximum absolute atomic E-state index is 11.9. The van der Waals surface area contributed by atoms with Gasteiger partial charge in [0.2, 0.25) is 17.7 Å². The quantitative estimate of drug-likeness (QED) is 0.735. The minimum Gasteiger partial charge on any atom is -0.497 e. The van der Waals surface area contributed by atoms with Crippen LogP contribution in [-0.4, -0.2) is 42.3 Å². The van der Waals surface area contributed by atoms with Gasteiger partial charge in [-0.05, 0) is 37.5 Å². The fourth-order valence-electron chi connectivity index (χ4n) is 2.68. The second kappa shape index (κ2) is 8.47. The molecule has 1 N–H and O–H groups in total. The van der Waals surface area contributed by atoms with Crippen molar-refractivity contribution >= 4 is 17.7 Å². The maximum Gasteiger partial charge on any atom is 0.229 e. The smallest absolute Gasteiger partial charge is 0.229 e. The molecule has 1 aliphatic rings. The van der Waals surface area contributed by atoms with E-state index in [1.54, 1.807) is 7.11 Å². The Morgan fingerprint density at radius 1 is 1.21 bits per heavy atom. The van der Waals surface area contributed by atoms with E-state index >= 15 is 0 Å². The summed E-state index contributed by atoms with van der Waals surface area (Å²) in [5, 5.41) is 2.91. The Kier molecular flexibility index (Phi) is 6.35. The van der Waals surface area contributed by atoms with Crippen LogP contribution < -0.4 is 10.1 Å². The molecule has 24 heavy (non-hydrogen) atoms. The average Bonchev–Trinajstić information content (AvgIpc) is 2.90. The summed E-state index contributed by atoms with van der Waals surface area (Å²) in [6.07, 6.45) is 2.36. The van der Waals surface area contributed by atoms with E-state index < -0.39 is 0 Å². The molecule has 1 fully saturated rings. The molecule has 0 spiro atoms. The van der Waals surface area contributed by atoms with Crippen LogP contribution in [-0.2, 0) is 20.8 Å². The number of aryl methyl sites for hydroxylation is 1. The lowest BCUT2D eigenvalue weighted by Crippen LogP contribution is -2.37. The summed E-state index contributed by atoms with van der Waals surface area (Å²) >= 11 is 0. The van der Waals surface area contributed by atoms with Crippen LogP contribution in [0.25, 0.3) is 0 Å². The van der Waals surface area contributed by atoms with Gasteiger partial charge < -0.3 is 10.1 Å². The van der Waals surface area contributed by atoms with Gasteiger partial charge in [-0.2, -0.15) is 0 Å². The summed E-state index contributed by atoms with van der Waals surface area (Å²) < 4.78 is 5.12. The zero-order valence-electron chi connectivity index (χ0n) is 14.2. The van der Waals surface area contributed by atoms with Gasteiger partial charge in [0, 0.05) is 31.8 Å². The Morgan fingerprint density at radius 2 is 1.83 bits per heavy atom. The number of amides is 3. The van der Waals surface area contributed by atoms with Crippen LogP contribution in [0.1, 0.15) is 38.2 Å². The third kappa shape index (κ3) is 5.08. The van der Waals surface area contributed by atoms with Crippen molar-refractivity contribution in [2.45, 2.75) is 45.1 Å². The van der Waals surface area contributed by atoms with Crippen molar-refractivity contribution in [3.05, 3.63) is 29.8 Å². The summed E-state index contributed by atoms with van der Waals surface area (Å²) in [6.45, 7) is 2.13. The number of likely N-dealkylation sites (tertiary alicyclic amines) is 1. The maximum atomic E-state index is 11.9. The van der Waals surface area contributed by atoms with Crippen LogP contribution in [0, 0.1) is 0 Å². The van der Waals surface area contributed by atoms with Crippen molar-refractivity contribution in [1.29, 1.82) is 0 Å². The van der Waals surface area contributed by atoms with Crippen LogP contribution in [0.3, 0.4) is 0 Å². The molecule has 0 aromatic heterocycles. The van der Waals surface area contributed by atoms with Crippen molar-refractivity contribution < 1.29 is 19.1 Å². The second-order valence-electron chi connectivity index (χ2n) is 6.04. The van der Waals surface area contributed by atoms with E-state index in [1.807, 2.05) is 31.2 Å². The van der Waals surface area contributed by atoms with E-state index in [4.69, 9.17) is 4.74 Å². The summed E-state index contributed by atoms with van der Waals surface area (Å²) in [5.41, 5.74) is 1.19. The van der Waals surface area contributed by atoms with Crippen molar-refractivity contribution in [3.63, 3.8) is 0 Å². The van der Waals surface area contributed by atoms with Gasteiger partial charge in [-0.25, -0.2) is 0 Å². The van der Waals surface area contributed by atoms with Gasteiger partial charge in [0.05, 0.1) is 7.11 Å². The Balaban J connectivity index is 1.69. The predicted octanol–water partition coefficient (Wildman–Crippen LogP) is 1.67. The van der Waals surface area contributed by atoms with E-state index in [2.05, 4.69) is 5.32 Å². The predicted molar refractivity (Wildman–Crippen MR) is 89.5 cm³/mol. The SMILES string of the molecule is COc1ccc(CC[C@H](C)NC(=O)CCN2C(=O)CCC2=O)cc1. The Labute approximate surface area is 142 Å². The van der Waals surface area contributed by atoms with Gasteiger partial charge >= 0.3 is 0 Å². The zero-order chi connectivity index (χ0) is 17.5. The lowest BCUT2D eigenvalue weighted by Gasteiger charge is -2.16. The molecule has 1 aromatic carbocycles. The summed E-state index contributed by atoms with van der Waals surface area (Å²) in [4.78, 5) is 36.1. The first-order valence-electron chi connectivity index (χ1n) is 8.25. The van der Waals surface area contributed by atoms with Gasteiger partial charge in [-0.1, -0.05) is 12.1 Å². The van der Waals surface area contributed by atoms with E-state index in [0.29, 0.717) is 0 Å².